The lowest BCUT2D eigenvalue weighted by Crippen LogP contribution is -2.21. The Balaban J connectivity index is 3.65. The van der Waals surface area contributed by atoms with Crippen molar-refractivity contribution < 1.29 is 39.5 Å². The third kappa shape index (κ3) is 4.78. The van der Waals surface area contributed by atoms with Gasteiger partial charge in [-0.15, -0.1) is 24.8 Å². The van der Waals surface area contributed by atoms with Crippen LogP contribution in [0.2, 0.25) is 0 Å². The van der Waals surface area contributed by atoms with Crippen LogP contribution in [-0.2, 0) is 21.1 Å². The smallest absolute Gasteiger partial charge is 0.403 e. The molecule has 4 nitrogen and oxygen atoms in total. The van der Waals surface area contributed by atoms with Crippen LogP contribution in [0, 0.1) is 0 Å². The van der Waals surface area contributed by atoms with Gasteiger partial charge >= 0.3 is 12.5 Å². The van der Waals surface area contributed by atoms with Crippen molar-refractivity contribution >= 4 is 31.3 Å². The molecule has 1 aromatic heterocycles. The lowest BCUT2D eigenvalue weighted by atomic mass is 10.2. The fourth-order valence-electron chi connectivity index (χ4n) is 1.24. The molecule has 0 saturated heterocycles. The van der Waals surface area contributed by atoms with Gasteiger partial charge in [-0.1, -0.05) is 0 Å². The second-order valence-electron chi connectivity index (χ2n) is 3.42. The predicted octanol–water partition coefficient (Wildman–Crippen LogP) is 3.67. The first-order valence-electron chi connectivity index (χ1n) is 4.63. The quantitative estimate of drug-likeness (QED) is 0.458. The first-order chi connectivity index (χ1) is 9.25. The van der Waals surface area contributed by atoms with Crippen molar-refractivity contribution in [1.82, 2.24) is 4.98 Å². The fourth-order valence-corrected chi connectivity index (χ4v) is 2.31. The number of halogens is 8. The van der Waals surface area contributed by atoms with E-state index in [1.165, 1.54) is 0 Å². The normalized spacial score (nSPS) is 13.3. The Kier molecular flexibility index (Phi) is 4.91. The molecule has 0 fully saturated rings. The average Bonchev–Trinajstić information content (AvgIpc) is 2.22. The molecule has 120 valence electrons. The average molecular weight is 378 g/mol. The molecule has 0 N–H and O–H groups in total. The summed E-state index contributed by atoms with van der Waals surface area (Å²) in [5.41, 5.74) is -2.67. The van der Waals surface area contributed by atoms with Crippen LogP contribution in [-0.4, -0.2) is 19.8 Å². The molecule has 21 heavy (non-hydrogen) atoms. The van der Waals surface area contributed by atoms with Gasteiger partial charge in [-0.25, -0.2) is 13.4 Å². The zero-order valence-corrected chi connectivity index (χ0v) is 11.7. The molecule has 0 spiro atoms. The van der Waals surface area contributed by atoms with Gasteiger partial charge in [-0.05, 0) is 6.07 Å². The van der Waals surface area contributed by atoms with Crippen LogP contribution in [0.3, 0.4) is 0 Å². The Labute approximate surface area is 123 Å². The van der Waals surface area contributed by atoms with Gasteiger partial charge in [0.1, 0.15) is 0 Å². The molecule has 1 aromatic rings. The van der Waals surface area contributed by atoms with Crippen LogP contribution < -0.4 is 4.74 Å². The number of aromatic nitrogens is 1. The summed E-state index contributed by atoms with van der Waals surface area (Å²) in [4.78, 5) is 2.62. The topological polar surface area (TPSA) is 56.3 Å². The Morgan fingerprint density at radius 1 is 1.19 bits per heavy atom. The van der Waals surface area contributed by atoms with Gasteiger partial charge in [-0.3, -0.25) is 0 Å². The first-order valence-corrected chi connectivity index (χ1v) is 7.47. The lowest BCUT2D eigenvalue weighted by molar-refractivity contribution is -0.275. The van der Waals surface area contributed by atoms with E-state index in [9.17, 15) is 34.8 Å². The maximum absolute atomic E-state index is 12.7. The number of hydrogen-bond acceptors (Lipinski definition) is 4. The molecule has 13 heteroatoms. The standard InChI is InChI=1S/C8H3Cl2F6NO3S/c9-2-3-1-4(20-8(14,15)16)6(21(10,18)19)17-5(3)7(11,12)13/h1H,2H2. The fraction of sp³-hybridized carbons (Fsp3) is 0.375. The number of pyridine rings is 1. The van der Waals surface area contributed by atoms with Crippen molar-refractivity contribution in [1.29, 1.82) is 0 Å². The summed E-state index contributed by atoms with van der Waals surface area (Å²) >= 11 is 5.19. The van der Waals surface area contributed by atoms with Gasteiger partial charge in [0.2, 0.25) is 5.03 Å². The van der Waals surface area contributed by atoms with E-state index in [1.807, 2.05) is 0 Å². The van der Waals surface area contributed by atoms with Crippen molar-refractivity contribution in [3.8, 4) is 5.75 Å². The highest BCUT2D eigenvalue weighted by atomic mass is 35.7. The van der Waals surface area contributed by atoms with Crippen molar-refractivity contribution in [2.75, 3.05) is 0 Å². The maximum Gasteiger partial charge on any atom is 0.573 e. The third-order valence-electron chi connectivity index (χ3n) is 1.90. The minimum Gasteiger partial charge on any atom is -0.403 e. The van der Waals surface area contributed by atoms with Crippen LogP contribution in [0.4, 0.5) is 26.3 Å². The predicted molar refractivity (Wildman–Crippen MR) is 58.5 cm³/mol. The highest BCUT2D eigenvalue weighted by Gasteiger charge is 2.40. The molecule has 1 heterocycles. The number of rotatable bonds is 3. The minimum atomic E-state index is -5.36. The highest BCUT2D eigenvalue weighted by molar-refractivity contribution is 8.13. The molecule has 0 bridgehead atoms. The molecule has 0 aromatic carbocycles. The summed E-state index contributed by atoms with van der Waals surface area (Å²) in [5.74, 6) is -2.38. The van der Waals surface area contributed by atoms with Gasteiger partial charge in [0.05, 0.1) is 0 Å². The zero-order chi connectivity index (χ0) is 16.6. The Hall–Kier alpha value is -0.940. The van der Waals surface area contributed by atoms with Crippen LogP contribution in [0.5, 0.6) is 5.75 Å². The Morgan fingerprint density at radius 3 is 2.05 bits per heavy atom. The van der Waals surface area contributed by atoms with Crippen LogP contribution >= 0.6 is 22.3 Å². The van der Waals surface area contributed by atoms with E-state index in [1.54, 1.807) is 0 Å². The second-order valence-corrected chi connectivity index (χ2v) is 6.16. The van der Waals surface area contributed by atoms with E-state index < -0.39 is 49.5 Å². The van der Waals surface area contributed by atoms with E-state index >= 15 is 0 Å². The first kappa shape index (κ1) is 18.1. The molecule has 0 saturated carbocycles. The molecular weight excluding hydrogens is 375 g/mol. The van der Waals surface area contributed by atoms with E-state index in [0.29, 0.717) is 0 Å². The summed E-state index contributed by atoms with van der Waals surface area (Å²) in [5, 5.41) is -1.71. The monoisotopic (exact) mass is 377 g/mol. The molecule has 0 aliphatic carbocycles. The van der Waals surface area contributed by atoms with E-state index in [0.717, 1.165) is 0 Å². The minimum absolute atomic E-state index is 0.172. The summed E-state index contributed by atoms with van der Waals surface area (Å²) in [6.45, 7) is 0. The van der Waals surface area contributed by atoms with E-state index in [2.05, 4.69) is 9.72 Å². The van der Waals surface area contributed by atoms with Crippen LogP contribution in [0.15, 0.2) is 11.1 Å². The van der Waals surface area contributed by atoms with Crippen molar-refractivity contribution in [2.45, 2.75) is 23.4 Å². The maximum atomic E-state index is 12.7. The van der Waals surface area contributed by atoms with Crippen molar-refractivity contribution in [2.24, 2.45) is 0 Å². The number of hydrogen-bond donors (Lipinski definition) is 0. The number of nitrogens with zero attached hydrogens (tertiary/aromatic N) is 1. The van der Waals surface area contributed by atoms with Gasteiger partial charge in [0.25, 0.3) is 9.05 Å². The third-order valence-corrected chi connectivity index (χ3v) is 3.38. The lowest BCUT2D eigenvalue weighted by Gasteiger charge is -2.16. The van der Waals surface area contributed by atoms with Crippen molar-refractivity contribution in [3.63, 3.8) is 0 Å². The Bertz CT molecular complexity index is 643. The largest absolute Gasteiger partial charge is 0.573 e. The molecule has 0 unspecified atom stereocenters. The van der Waals surface area contributed by atoms with Gasteiger partial charge in [-0.2, -0.15) is 13.2 Å². The molecule has 0 atom stereocenters. The SMILES string of the molecule is O=S(=O)(Cl)c1nc(C(F)(F)F)c(CCl)cc1OC(F)(F)F. The summed E-state index contributed by atoms with van der Waals surface area (Å²) in [6, 6.07) is 0.172. The van der Waals surface area contributed by atoms with Crippen molar-refractivity contribution in [3.05, 3.63) is 17.3 Å². The summed E-state index contributed by atoms with van der Waals surface area (Å²) in [7, 11) is -0.248. The molecule has 0 radical (unpaired) electrons. The van der Waals surface area contributed by atoms with Crippen LogP contribution in [0.25, 0.3) is 0 Å². The zero-order valence-electron chi connectivity index (χ0n) is 9.39. The van der Waals surface area contributed by atoms with Gasteiger partial charge in [0, 0.05) is 22.1 Å². The number of ether oxygens (including phenoxy) is 1. The Morgan fingerprint density at radius 2 is 1.71 bits per heavy atom. The molecule has 1 rings (SSSR count). The van der Waals surface area contributed by atoms with Gasteiger partial charge < -0.3 is 4.74 Å². The van der Waals surface area contributed by atoms with Gasteiger partial charge in [0.15, 0.2) is 11.4 Å². The van der Waals surface area contributed by atoms with E-state index in [-0.39, 0.29) is 6.07 Å². The summed E-state index contributed by atoms with van der Waals surface area (Å²) < 4.78 is 99.8. The molecule has 0 aliphatic rings. The highest BCUT2D eigenvalue weighted by Crippen LogP contribution is 2.38. The second kappa shape index (κ2) is 5.69. The van der Waals surface area contributed by atoms with E-state index in [4.69, 9.17) is 22.3 Å². The molecule has 0 amide bonds. The summed E-state index contributed by atoms with van der Waals surface area (Å²) in [6.07, 6.45) is -10.5. The molecular formula is C8H3Cl2F6NO3S. The van der Waals surface area contributed by atoms with Crippen LogP contribution in [0.1, 0.15) is 11.3 Å². The molecule has 0 aliphatic heterocycles. The number of alkyl halides is 7.